The molecular formula is C23H33N7O2. The van der Waals surface area contributed by atoms with Gasteiger partial charge < -0.3 is 20.7 Å². The number of pyridine rings is 2. The van der Waals surface area contributed by atoms with E-state index in [0.717, 1.165) is 54.0 Å². The van der Waals surface area contributed by atoms with Crippen LogP contribution in [0, 0.1) is 13.8 Å². The number of nitrogens with zero attached hydrogens (tertiary/aromatic N) is 4. The number of anilines is 1. The van der Waals surface area contributed by atoms with Crippen molar-refractivity contribution in [3.05, 3.63) is 51.1 Å². The normalized spacial score (nSPS) is 16.3. The van der Waals surface area contributed by atoms with Crippen molar-refractivity contribution in [3.8, 4) is 0 Å². The summed E-state index contributed by atoms with van der Waals surface area (Å²) in [4.78, 5) is 22.3. The smallest absolute Gasteiger partial charge is 0.252 e. The maximum Gasteiger partial charge on any atom is 0.252 e. The Bertz CT molecular complexity index is 1160. The molecule has 1 unspecified atom stereocenters. The van der Waals surface area contributed by atoms with Crippen LogP contribution in [0.15, 0.2) is 23.1 Å². The lowest BCUT2D eigenvalue weighted by molar-refractivity contribution is 0.138. The summed E-state index contributed by atoms with van der Waals surface area (Å²) in [5, 5.41) is 19.5. The summed E-state index contributed by atoms with van der Waals surface area (Å²) >= 11 is 0. The lowest BCUT2D eigenvalue weighted by atomic mass is 10.1. The number of aromatic amines is 1. The van der Waals surface area contributed by atoms with E-state index in [-0.39, 0.29) is 24.2 Å². The highest BCUT2D eigenvalue weighted by Gasteiger charge is 2.23. The van der Waals surface area contributed by atoms with Crippen LogP contribution in [0.1, 0.15) is 61.3 Å². The number of aromatic nitrogens is 4. The molecule has 0 aromatic carbocycles. The molecule has 1 aliphatic heterocycles. The third-order valence-corrected chi connectivity index (χ3v) is 6.20. The van der Waals surface area contributed by atoms with E-state index in [0.29, 0.717) is 11.1 Å². The number of fused-ring (bicyclic) bond motifs is 1. The number of hydrogen-bond donors (Lipinski definition) is 4. The lowest BCUT2D eigenvalue weighted by Gasteiger charge is -2.31. The monoisotopic (exact) mass is 439 g/mol. The van der Waals surface area contributed by atoms with Gasteiger partial charge in [0.15, 0.2) is 5.65 Å². The van der Waals surface area contributed by atoms with Crippen molar-refractivity contribution in [2.75, 3.05) is 18.0 Å². The largest absolute Gasteiger partial charge is 0.374 e. The van der Waals surface area contributed by atoms with Gasteiger partial charge in [-0.15, -0.1) is 0 Å². The molecule has 0 spiro atoms. The summed E-state index contributed by atoms with van der Waals surface area (Å²) in [5.74, 6) is 0.812. The predicted molar refractivity (Wildman–Crippen MR) is 126 cm³/mol. The molecule has 0 bridgehead atoms. The molecule has 3 aromatic rings. The van der Waals surface area contributed by atoms with E-state index >= 15 is 0 Å². The second-order valence-electron chi connectivity index (χ2n) is 9.04. The molecule has 32 heavy (non-hydrogen) atoms. The molecule has 172 valence electrons. The lowest BCUT2D eigenvalue weighted by Crippen LogP contribution is -2.40. The highest BCUT2D eigenvalue weighted by atomic mass is 16.3. The number of piperidine rings is 1. The Kier molecular flexibility index (Phi) is 6.32. The van der Waals surface area contributed by atoms with Crippen molar-refractivity contribution in [1.82, 2.24) is 25.1 Å². The van der Waals surface area contributed by atoms with Crippen LogP contribution in [0.5, 0.6) is 0 Å². The molecule has 3 aromatic heterocycles. The molecule has 4 rings (SSSR count). The molecule has 4 heterocycles. The molecule has 0 radical (unpaired) electrons. The fourth-order valence-corrected chi connectivity index (χ4v) is 4.33. The van der Waals surface area contributed by atoms with Crippen LogP contribution in [0.3, 0.4) is 0 Å². The number of aryl methyl sites for hydroxylation is 2. The minimum Gasteiger partial charge on any atom is -0.374 e. The van der Waals surface area contributed by atoms with E-state index in [4.69, 9.17) is 10.7 Å². The number of H-pyrrole nitrogens is 1. The summed E-state index contributed by atoms with van der Waals surface area (Å²) in [5.41, 5.74) is 9.71. The second kappa shape index (κ2) is 9.01. The Balaban J connectivity index is 1.68. The average Bonchev–Trinajstić information content (AvgIpc) is 3.17. The van der Waals surface area contributed by atoms with E-state index in [1.165, 1.54) is 0 Å². The first-order valence-electron chi connectivity index (χ1n) is 11.2. The van der Waals surface area contributed by atoms with E-state index in [9.17, 15) is 9.90 Å². The summed E-state index contributed by atoms with van der Waals surface area (Å²) in [7, 11) is 0. The van der Waals surface area contributed by atoms with Gasteiger partial charge in [0.2, 0.25) is 0 Å². The Hall–Kier alpha value is -2.75. The van der Waals surface area contributed by atoms with Gasteiger partial charge in [-0.1, -0.05) is 0 Å². The zero-order valence-corrected chi connectivity index (χ0v) is 19.2. The van der Waals surface area contributed by atoms with Crippen LogP contribution in [-0.2, 0) is 6.54 Å². The number of aliphatic hydroxyl groups excluding tert-OH is 1. The van der Waals surface area contributed by atoms with Gasteiger partial charge >= 0.3 is 0 Å². The predicted octanol–water partition coefficient (Wildman–Crippen LogP) is 2.03. The third-order valence-electron chi connectivity index (χ3n) is 6.20. The number of rotatable bonds is 6. The first kappa shape index (κ1) is 22.4. The zero-order valence-electron chi connectivity index (χ0n) is 19.2. The first-order chi connectivity index (χ1) is 15.2. The topological polar surface area (TPSA) is 125 Å². The molecule has 9 nitrogen and oxygen atoms in total. The highest BCUT2D eigenvalue weighted by molar-refractivity contribution is 5.81. The SMILES string of the molecule is Cc1cc(C)c(CNC(O)c2cc(N3CCC(N)CC3)nc3c2cnn3C(C)C)c(=O)[nH]1. The molecule has 0 amide bonds. The molecule has 5 N–H and O–H groups in total. The van der Waals surface area contributed by atoms with Crippen molar-refractivity contribution < 1.29 is 5.11 Å². The summed E-state index contributed by atoms with van der Waals surface area (Å²) in [6.07, 6.45) is 2.60. The Morgan fingerprint density at radius 1 is 1.28 bits per heavy atom. The summed E-state index contributed by atoms with van der Waals surface area (Å²) < 4.78 is 1.87. The van der Waals surface area contributed by atoms with Crippen LogP contribution in [0.25, 0.3) is 11.0 Å². The van der Waals surface area contributed by atoms with Crippen LogP contribution in [0.2, 0.25) is 0 Å². The van der Waals surface area contributed by atoms with Crippen LogP contribution < -0.4 is 21.5 Å². The minimum atomic E-state index is -0.976. The quantitative estimate of drug-likeness (QED) is 0.433. The average molecular weight is 440 g/mol. The molecule has 0 saturated carbocycles. The van der Waals surface area contributed by atoms with Crippen molar-refractivity contribution in [2.45, 2.75) is 65.4 Å². The van der Waals surface area contributed by atoms with Gasteiger partial charge in [-0.05, 0) is 58.2 Å². The van der Waals surface area contributed by atoms with Gasteiger partial charge in [-0.2, -0.15) is 5.10 Å². The van der Waals surface area contributed by atoms with E-state index < -0.39 is 6.23 Å². The van der Waals surface area contributed by atoms with E-state index in [2.05, 4.69) is 34.1 Å². The maximum atomic E-state index is 12.4. The van der Waals surface area contributed by atoms with Crippen LogP contribution >= 0.6 is 0 Å². The molecule has 0 aliphatic carbocycles. The van der Waals surface area contributed by atoms with Gasteiger partial charge in [0, 0.05) is 53.9 Å². The summed E-state index contributed by atoms with van der Waals surface area (Å²) in [6, 6.07) is 4.21. The number of hydrogen-bond acceptors (Lipinski definition) is 7. The van der Waals surface area contributed by atoms with Crippen molar-refractivity contribution in [2.24, 2.45) is 5.73 Å². The van der Waals surface area contributed by atoms with Crippen LogP contribution in [-0.4, -0.2) is 44.0 Å². The minimum absolute atomic E-state index is 0.136. The number of aliphatic hydroxyl groups is 1. The molecule has 1 saturated heterocycles. The fourth-order valence-electron chi connectivity index (χ4n) is 4.33. The maximum absolute atomic E-state index is 12.4. The highest BCUT2D eigenvalue weighted by Crippen LogP contribution is 2.29. The van der Waals surface area contributed by atoms with Crippen molar-refractivity contribution >= 4 is 16.9 Å². The molecule has 1 fully saturated rings. The Labute approximate surface area is 187 Å². The fraction of sp³-hybridized carbons (Fsp3) is 0.522. The molecule has 1 atom stereocenters. The standard InChI is InChI=1S/C23H33N7O2/c1-13(2)30-21-19(12-26-30)17(10-20(28-21)29-7-5-16(24)6-8-29)22(31)25-11-18-14(3)9-15(4)27-23(18)32/h9-10,12-13,16,22,25,31H,5-8,11,24H2,1-4H3,(H,27,32). The number of nitrogens with two attached hydrogens (primary N) is 1. The van der Waals surface area contributed by atoms with Gasteiger partial charge in [0.05, 0.1) is 6.20 Å². The second-order valence-corrected chi connectivity index (χ2v) is 9.04. The molecular weight excluding hydrogens is 406 g/mol. The Morgan fingerprint density at radius 2 is 2.00 bits per heavy atom. The van der Waals surface area contributed by atoms with Crippen LogP contribution in [0.4, 0.5) is 5.82 Å². The molecule has 9 heteroatoms. The Morgan fingerprint density at radius 3 is 2.66 bits per heavy atom. The zero-order chi connectivity index (χ0) is 23.0. The van der Waals surface area contributed by atoms with Crippen molar-refractivity contribution in [1.29, 1.82) is 0 Å². The molecule has 1 aliphatic rings. The first-order valence-corrected chi connectivity index (χ1v) is 11.2. The third kappa shape index (κ3) is 4.41. The van der Waals surface area contributed by atoms with Gasteiger partial charge in [0.25, 0.3) is 5.56 Å². The van der Waals surface area contributed by atoms with E-state index in [1.54, 1.807) is 6.20 Å². The van der Waals surface area contributed by atoms with Crippen molar-refractivity contribution in [3.63, 3.8) is 0 Å². The number of nitrogens with one attached hydrogen (secondary N) is 2. The van der Waals surface area contributed by atoms with Gasteiger partial charge in [-0.25, -0.2) is 9.67 Å². The van der Waals surface area contributed by atoms with Gasteiger partial charge in [-0.3, -0.25) is 10.1 Å². The van der Waals surface area contributed by atoms with Gasteiger partial charge in [0.1, 0.15) is 12.0 Å². The van der Waals surface area contributed by atoms with E-state index in [1.807, 2.05) is 30.7 Å². The summed E-state index contributed by atoms with van der Waals surface area (Å²) in [6.45, 7) is 9.78.